The van der Waals surface area contributed by atoms with Gasteiger partial charge in [-0.3, -0.25) is 4.98 Å². The first-order valence-electron chi connectivity index (χ1n) is 4.65. The second kappa shape index (κ2) is 4.11. The molecule has 2 N–H and O–H groups in total. The molecule has 1 heterocycles. The molecule has 76 valence electrons. The molecule has 2 aromatic rings. The predicted octanol–water partition coefficient (Wildman–Crippen LogP) is 1.95. The van der Waals surface area contributed by atoms with Gasteiger partial charge in [0.05, 0.1) is 18.5 Å². The monoisotopic (exact) mass is 201 g/mol. The number of rotatable bonds is 2. The topological polar surface area (TPSA) is 53.4 Å². The van der Waals surface area contributed by atoms with E-state index in [9.17, 15) is 5.11 Å². The van der Waals surface area contributed by atoms with E-state index >= 15 is 0 Å². The first-order valence-corrected chi connectivity index (χ1v) is 4.65. The zero-order chi connectivity index (χ0) is 10.7. The maximum Gasteiger partial charge on any atom is 0.134 e. The first-order chi connectivity index (χ1) is 7.31. The van der Waals surface area contributed by atoms with E-state index in [-0.39, 0.29) is 12.4 Å². The highest BCUT2D eigenvalue weighted by atomic mass is 16.3. The number of benzene rings is 1. The number of aliphatic hydroxyl groups excluding tert-OH is 1. The minimum Gasteiger partial charge on any atom is -0.506 e. The average Bonchev–Trinajstić information content (AvgIpc) is 2.30. The van der Waals surface area contributed by atoms with Crippen LogP contribution >= 0.6 is 0 Å². The third kappa shape index (κ3) is 1.97. The summed E-state index contributed by atoms with van der Waals surface area (Å²) in [5.74, 6) is 0.0683. The molecule has 1 aromatic heterocycles. The standard InChI is InChI=1S/C12H11NO2/c14-8-10-6-11(15)7-13-12(10)9-4-2-1-3-5-9/h1-7,14-15H,8H2. The summed E-state index contributed by atoms with van der Waals surface area (Å²) in [6, 6.07) is 11.1. The molecule has 3 heteroatoms. The number of aromatic hydroxyl groups is 1. The highest BCUT2D eigenvalue weighted by molar-refractivity contribution is 5.63. The van der Waals surface area contributed by atoms with E-state index in [1.54, 1.807) is 0 Å². The second-order valence-electron chi connectivity index (χ2n) is 3.23. The van der Waals surface area contributed by atoms with Crippen molar-refractivity contribution in [1.82, 2.24) is 4.98 Å². The van der Waals surface area contributed by atoms with E-state index in [1.165, 1.54) is 12.3 Å². The lowest BCUT2D eigenvalue weighted by molar-refractivity contribution is 0.281. The highest BCUT2D eigenvalue weighted by Gasteiger charge is 2.06. The van der Waals surface area contributed by atoms with Crippen molar-refractivity contribution in [3.63, 3.8) is 0 Å². The van der Waals surface area contributed by atoms with Gasteiger partial charge in [0.25, 0.3) is 0 Å². The van der Waals surface area contributed by atoms with Crippen LogP contribution in [0.15, 0.2) is 42.6 Å². The smallest absolute Gasteiger partial charge is 0.134 e. The van der Waals surface area contributed by atoms with Gasteiger partial charge in [0.15, 0.2) is 0 Å². The van der Waals surface area contributed by atoms with E-state index in [0.717, 1.165) is 5.56 Å². The SMILES string of the molecule is OCc1cc(O)cnc1-c1ccccc1. The fraction of sp³-hybridized carbons (Fsp3) is 0.0833. The van der Waals surface area contributed by atoms with E-state index in [4.69, 9.17) is 5.11 Å². The van der Waals surface area contributed by atoms with Crippen molar-refractivity contribution in [3.8, 4) is 17.0 Å². The van der Waals surface area contributed by atoms with Crippen molar-refractivity contribution in [2.75, 3.05) is 0 Å². The van der Waals surface area contributed by atoms with Crippen molar-refractivity contribution in [2.45, 2.75) is 6.61 Å². The van der Waals surface area contributed by atoms with Crippen LogP contribution in [0.5, 0.6) is 5.75 Å². The Morgan fingerprint density at radius 2 is 1.87 bits per heavy atom. The van der Waals surface area contributed by atoms with Crippen molar-refractivity contribution in [3.05, 3.63) is 48.2 Å². The van der Waals surface area contributed by atoms with Gasteiger partial charge in [-0.1, -0.05) is 30.3 Å². The second-order valence-corrected chi connectivity index (χ2v) is 3.23. The van der Waals surface area contributed by atoms with Crippen LogP contribution in [0.1, 0.15) is 5.56 Å². The molecule has 0 bridgehead atoms. The molecular formula is C12H11NO2. The van der Waals surface area contributed by atoms with Gasteiger partial charge in [0.1, 0.15) is 5.75 Å². The molecule has 3 nitrogen and oxygen atoms in total. The maximum absolute atomic E-state index is 9.24. The third-order valence-corrected chi connectivity index (χ3v) is 2.17. The summed E-state index contributed by atoms with van der Waals surface area (Å²) < 4.78 is 0. The summed E-state index contributed by atoms with van der Waals surface area (Å²) in [4.78, 5) is 4.11. The molecule has 1 aromatic carbocycles. The Kier molecular flexibility index (Phi) is 2.65. The minimum atomic E-state index is -0.133. The normalized spacial score (nSPS) is 10.2. The highest BCUT2D eigenvalue weighted by Crippen LogP contribution is 2.23. The number of aromatic nitrogens is 1. The number of hydrogen-bond acceptors (Lipinski definition) is 3. The summed E-state index contributed by atoms with van der Waals surface area (Å²) in [5, 5.41) is 18.4. The molecule has 2 rings (SSSR count). The zero-order valence-electron chi connectivity index (χ0n) is 8.09. The summed E-state index contributed by atoms with van der Waals surface area (Å²) in [6.07, 6.45) is 1.38. The van der Waals surface area contributed by atoms with Crippen LogP contribution in [0.25, 0.3) is 11.3 Å². The van der Waals surface area contributed by atoms with Gasteiger partial charge in [-0.15, -0.1) is 0 Å². The molecule has 0 aliphatic rings. The molecule has 0 radical (unpaired) electrons. The molecule has 0 amide bonds. The van der Waals surface area contributed by atoms with Crippen molar-refractivity contribution < 1.29 is 10.2 Å². The van der Waals surface area contributed by atoms with Crippen LogP contribution in [0.4, 0.5) is 0 Å². The molecule has 0 spiro atoms. The van der Waals surface area contributed by atoms with Crippen molar-refractivity contribution >= 4 is 0 Å². The van der Waals surface area contributed by atoms with Gasteiger partial charge in [-0.25, -0.2) is 0 Å². The van der Waals surface area contributed by atoms with Crippen LogP contribution in [0.3, 0.4) is 0 Å². The zero-order valence-corrected chi connectivity index (χ0v) is 8.09. The maximum atomic E-state index is 9.24. The van der Waals surface area contributed by atoms with Crippen molar-refractivity contribution in [2.24, 2.45) is 0 Å². The third-order valence-electron chi connectivity index (χ3n) is 2.17. The number of nitrogens with zero attached hydrogens (tertiary/aromatic N) is 1. The largest absolute Gasteiger partial charge is 0.506 e. The molecule has 0 fully saturated rings. The lowest BCUT2D eigenvalue weighted by Gasteiger charge is -2.06. The van der Waals surface area contributed by atoms with E-state index in [1.807, 2.05) is 30.3 Å². The van der Waals surface area contributed by atoms with Gasteiger partial charge in [0, 0.05) is 11.1 Å². The fourth-order valence-corrected chi connectivity index (χ4v) is 1.47. The molecule has 0 saturated heterocycles. The lowest BCUT2D eigenvalue weighted by atomic mass is 10.1. The Bertz CT molecular complexity index is 454. The lowest BCUT2D eigenvalue weighted by Crippen LogP contribution is -1.92. The first kappa shape index (κ1) is 9.68. The molecule has 0 aliphatic carbocycles. The van der Waals surface area contributed by atoms with E-state index in [2.05, 4.69) is 4.98 Å². The average molecular weight is 201 g/mol. The van der Waals surface area contributed by atoms with Crippen LogP contribution < -0.4 is 0 Å². The fourth-order valence-electron chi connectivity index (χ4n) is 1.47. The Morgan fingerprint density at radius 3 is 2.53 bits per heavy atom. The quantitative estimate of drug-likeness (QED) is 0.780. The van der Waals surface area contributed by atoms with E-state index in [0.29, 0.717) is 11.3 Å². The Labute approximate surface area is 87.7 Å². The van der Waals surface area contributed by atoms with Crippen LogP contribution in [0, 0.1) is 0 Å². The molecule has 0 saturated carbocycles. The van der Waals surface area contributed by atoms with Gasteiger partial charge >= 0.3 is 0 Å². The van der Waals surface area contributed by atoms with Crippen LogP contribution in [-0.4, -0.2) is 15.2 Å². The molecular weight excluding hydrogens is 190 g/mol. The molecule has 0 aliphatic heterocycles. The van der Waals surface area contributed by atoms with Gasteiger partial charge in [-0.05, 0) is 6.07 Å². The van der Waals surface area contributed by atoms with Gasteiger partial charge < -0.3 is 10.2 Å². The summed E-state index contributed by atoms with van der Waals surface area (Å²) in [6.45, 7) is -0.133. The Hall–Kier alpha value is -1.87. The van der Waals surface area contributed by atoms with E-state index < -0.39 is 0 Å². The summed E-state index contributed by atoms with van der Waals surface area (Å²) in [5.41, 5.74) is 2.26. The van der Waals surface area contributed by atoms with Crippen LogP contribution in [-0.2, 0) is 6.61 Å². The molecule has 0 atom stereocenters. The van der Waals surface area contributed by atoms with Crippen LogP contribution in [0.2, 0.25) is 0 Å². The minimum absolute atomic E-state index is 0.0683. The predicted molar refractivity (Wildman–Crippen MR) is 57.3 cm³/mol. The summed E-state index contributed by atoms with van der Waals surface area (Å²) in [7, 11) is 0. The Balaban J connectivity index is 2.53. The number of hydrogen-bond donors (Lipinski definition) is 2. The van der Waals surface area contributed by atoms with Crippen molar-refractivity contribution in [1.29, 1.82) is 0 Å². The number of pyridine rings is 1. The Morgan fingerprint density at radius 1 is 1.13 bits per heavy atom. The summed E-state index contributed by atoms with van der Waals surface area (Å²) >= 11 is 0. The van der Waals surface area contributed by atoms with Gasteiger partial charge in [0.2, 0.25) is 0 Å². The molecule has 0 unspecified atom stereocenters. The number of aliphatic hydroxyl groups is 1. The van der Waals surface area contributed by atoms with Gasteiger partial charge in [-0.2, -0.15) is 0 Å². The molecule has 15 heavy (non-hydrogen) atoms.